The third-order valence-electron chi connectivity index (χ3n) is 4.47. The number of aromatic nitrogens is 3. The summed E-state index contributed by atoms with van der Waals surface area (Å²) in [4.78, 5) is 30.0. The highest BCUT2D eigenvalue weighted by Crippen LogP contribution is 2.31. The molecule has 0 bridgehead atoms. The smallest absolute Gasteiger partial charge is 0.387 e. The molecular weight excluding hydrogens is 457 g/mol. The standard InChI is InChI=1S/C22H15F3N4O3S/c1-12-19(13-2-8-16(9-3-13)32-21(24)25)26-22(33-12)27-20(31)17-10-11-18(30)29(28-17)15-6-4-14(23)5-7-15/h2-11,21H,1H3,(H,26,27,31). The van der Waals surface area contributed by atoms with Crippen LogP contribution in [0.2, 0.25) is 0 Å². The molecule has 0 spiro atoms. The van der Waals surface area contributed by atoms with Gasteiger partial charge in [0, 0.05) is 16.5 Å². The molecule has 0 saturated heterocycles. The van der Waals surface area contributed by atoms with Crippen molar-refractivity contribution in [2.75, 3.05) is 5.32 Å². The Kier molecular flexibility index (Phi) is 6.22. The van der Waals surface area contributed by atoms with Crippen LogP contribution in [0.3, 0.4) is 0 Å². The molecule has 0 unspecified atom stereocenters. The summed E-state index contributed by atoms with van der Waals surface area (Å²) >= 11 is 1.22. The number of thiazole rings is 1. The first-order valence-corrected chi connectivity index (χ1v) is 10.3. The van der Waals surface area contributed by atoms with Crippen molar-refractivity contribution in [3.63, 3.8) is 0 Å². The molecule has 4 aromatic rings. The number of halogens is 3. The van der Waals surface area contributed by atoms with E-state index < -0.39 is 23.9 Å². The average molecular weight is 472 g/mol. The van der Waals surface area contributed by atoms with Crippen LogP contribution < -0.4 is 15.6 Å². The van der Waals surface area contributed by atoms with Crippen molar-refractivity contribution in [1.82, 2.24) is 14.8 Å². The van der Waals surface area contributed by atoms with E-state index in [2.05, 4.69) is 20.1 Å². The van der Waals surface area contributed by atoms with E-state index in [4.69, 9.17) is 0 Å². The van der Waals surface area contributed by atoms with E-state index in [1.54, 1.807) is 19.1 Å². The summed E-state index contributed by atoms with van der Waals surface area (Å²) in [5, 5.41) is 6.99. The van der Waals surface area contributed by atoms with Crippen molar-refractivity contribution in [2.24, 2.45) is 0 Å². The number of alkyl halides is 2. The van der Waals surface area contributed by atoms with Gasteiger partial charge >= 0.3 is 6.61 Å². The molecule has 0 atom stereocenters. The average Bonchev–Trinajstić information content (AvgIpc) is 3.14. The molecule has 0 saturated carbocycles. The van der Waals surface area contributed by atoms with Crippen LogP contribution in [0.4, 0.5) is 18.3 Å². The lowest BCUT2D eigenvalue weighted by Crippen LogP contribution is -2.24. The Bertz CT molecular complexity index is 1350. The van der Waals surface area contributed by atoms with Gasteiger partial charge in [-0.15, -0.1) is 11.3 Å². The number of aryl methyl sites for hydroxylation is 1. The topological polar surface area (TPSA) is 86.1 Å². The van der Waals surface area contributed by atoms with E-state index in [-0.39, 0.29) is 11.4 Å². The van der Waals surface area contributed by atoms with Gasteiger partial charge in [-0.25, -0.2) is 9.37 Å². The van der Waals surface area contributed by atoms with E-state index in [1.165, 1.54) is 59.9 Å². The second-order valence-electron chi connectivity index (χ2n) is 6.73. The van der Waals surface area contributed by atoms with Crippen LogP contribution in [0.25, 0.3) is 16.9 Å². The maximum absolute atomic E-state index is 13.2. The monoisotopic (exact) mass is 472 g/mol. The van der Waals surface area contributed by atoms with Crippen LogP contribution in [0, 0.1) is 12.7 Å². The van der Waals surface area contributed by atoms with Gasteiger partial charge in [0.1, 0.15) is 17.3 Å². The number of carbonyl (C=O) groups excluding carboxylic acids is 1. The Morgan fingerprint density at radius 3 is 2.42 bits per heavy atom. The number of carbonyl (C=O) groups is 1. The van der Waals surface area contributed by atoms with Crippen LogP contribution in [0.1, 0.15) is 15.4 Å². The van der Waals surface area contributed by atoms with Gasteiger partial charge in [-0.3, -0.25) is 14.9 Å². The molecule has 0 fully saturated rings. The van der Waals surface area contributed by atoms with E-state index in [0.717, 1.165) is 9.56 Å². The number of nitrogens with zero attached hydrogens (tertiary/aromatic N) is 3. The van der Waals surface area contributed by atoms with Gasteiger partial charge in [0.2, 0.25) is 0 Å². The summed E-state index contributed by atoms with van der Waals surface area (Å²) in [6, 6.07) is 13.6. The number of ether oxygens (including phenoxy) is 1. The quantitative estimate of drug-likeness (QED) is 0.441. The SMILES string of the molecule is Cc1sc(NC(=O)c2ccc(=O)n(-c3ccc(F)cc3)n2)nc1-c1ccc(OC(F)F)cc1. The Balaban J connectivity index is 1.54. The molecule has 2 aromatic heterocycles. The van der Waals surface area contributed by atoms with Gasteiger partial charge in [0.15, 0.2) is 5.13 Å². The molecule has 0 aliphatic rings. The van der Waals surface area contributed by atoms with Gasteiger partial charge in [-0.1, -0.05) is 0 Å². The summed E-state index contributed by atoms with van der Waals surface area (Å²) < 4.78 is 43.1. The maximum atomic E-state index is 13.2. The van der Waals surface area contributed by atoms with Crippen molar-refractivity contribution in [3.05, 3.63) is 87.4 Å². The molecule has 4 rings (SSSR count). The zero-order valence-corrected chi connectivity index (χ0v) is 17.8. The van der Waals surface area contributed by atoms with E-state index in [0.29, 0.717) is 22.1 Å². The minimum atomic E-state index is -2.91. The van der Waals surface area contributed by atoms with Crippen LogP contribution in [0.15, 0.2) is 65.5 Å². The summed E-state index contributed by atoms with van der Waals surface area (Å²) in [6.07, 6.45) is 0. The normalized spacial score (nSPS) is 10.9. The van der Waals surface area contributed by atoms with E-state index >= 15 is 0 Å². The van der Waals surface area contributed by atoms with Crippen LogP contribution >= 0.6 is 11.3 Å². The van der Waals surface area contributed by atoms with Gasteiger partial charge in [0.25, 0.3) is 11.5 Å². The Morgan fingerprint density at radius 1 is 1.06 bits per heavy atom. The fourth-order valence-electron chi connectivity index (χ4n) is 2.97. The van der Waals surface area contributed by atoms with Crippen molar-refractivity contribution in [2.45, 2.75) is 13.5 Å². The number of hydrogen-bond acceptors (Lipinski definition) is 6. The summed E-state index contributed by atoms with van der Waals surface area (Å²) in [5.41, 5.74) is 1.02. The molecule has 0 aliphatic heterocycles. The summed E-state index contributed by atoms with van der Waals surface area (Å²) in [5.74, 6) is -1.03. The second-order valence-corrected chi connectivity index (χ2v) is 7.93. The lowest BCUT2D eigenvalue weighted by atomic mass is 10.1. The number of amides is 1. The van der Waals surface area contributed by atoms with Crippen LogP contribution in [-0.4, -0.2) is 27.3 Å². The predicted octanol–water partition coefficient (Wildman–Crippen LogP) is 4.66. The Hall–Kier alpha value is -3.99. The third-order valence-corrected chi connectivity index (χ3v) is 5.36. The number of benzene rings is 2. The summed E-state index contributed by atoms with van der Waals surface area (Å²) in [6.45, 7) is -1.11. The van der Waals surface area contributed by atoms with Crippen molar-refractivity contribution in [3.8, 4) is 22.7 Å². The lowest BCUT2D eigenvalue weighted by molar-refractivity contribution is -0.0498. The van der Waals surface area contributed by atoms with E-state index in [1.807, 2.05) is 0 Å². The largest absolute Gasteiger partial charge is 0.435 e. The molecule has 1 N–H and O–H groups in total. The maximum Gasteiger partial charge on any atom is 0.387 e. The van der Waals surface area contributed by atoms with Gasteiger partial charge < -0.3 is 4.74 Å². The molecule has 7 nitrogen and oxygen atoms in total. The van der Waals surface area contributed by atoms with Gasteiger partial charge in [0.05, 0.1) is 11.4 Å². The molecule has 2 heterocycles. The Morgan fingerprint density at radius 2 is 1.76 bits per heavy atom. The minimum Gasteiger partial charge on any atom is -0.435 e. The third kappa shape index (κ3) is 5.09. The predicted molar refractivity (Wildman–Crippen MR) is 117 cm³/mol. The van der Waals surface area contributed by atoms with Crippen molar-refractivity contribution < 1.29 is 22.7 Å². The van der Waals surface area contributed by atoms with Crippen molar-refractivity contribution >= 4 is 22.4 Å². The lowest BCUT2D eigenvalue weighted by Gasteiger charge is -2.07. The molecule has 168 valence electrons. The first-order chi connectivity index (χ1) is 15.8. The van der Waals surface area contributed by atoms with E-state index in [9.17, 15) is 22.8 Å². The highest BCUT2D eigenvalue weighted by atomic mass is 32.1. The molecular formula is C22H15F3N4O3S. The first kappa shape index (κ1) is 22.2. The first-order valence-electron chi connectivity index (χ1n) is 9.50. The summed E-state index contributed by atoms with van der Waals surface area (Å²) in [7, 11) is 0. The highest BCUT2D eigenvalue weighted by molar-refractivity contribution is 7.16. The van der Waals surface area contributed by atoms with Gasteiger partial charge in [-0.05, 0) is 61.5 Å². The number of anilines is 1. The zero-order valence-electron chi connectivity index (χ0n) is 17.0. The molecule has 1 amide bonds. The van der Waals surface area contributed by atoms with Crippen LogP contribution in [0.5, 0.6) is 5.75 Å². The molecule has 33 heavy (non-hydrogen) atoms. The number of rotatable bonds is 6. The highest BCUT2D eigenvalue weighted by Gasteiger charge is 2.16. The molecule has 0 aliphatic carbocycles. The fourth-order valence-corrected chi connectivity index (χ4v) is 3.80. The molecule has 2 aromatic carbocycles. The van der Waals surface area contributed by atoms with Gasteiger partial charge in [-0.2, -0.15) is 18.6 Å². The number of hydrogen-bond donors (Lipinski definition) is 1. The fraction of sp³-hybridized carbons (Fsp3) is 0.0909. The Labute approximate surface area is 189 Å². The second kappa shape index (κ2) is 9.25. The minimum absolute atomic E-state index is 0.0255. The van der Waals surface area contributed by atoms with Crippen LogP contribution in [-0.2, 0) is 0 Å². The molecule has 11 heteroatoms. The number of nitrogens with one attached hydrogen (secondary N) is 1. The zero-order chi connectivity index (χ0) is 23.5. The van der Waals surface area contributed by atoms with Crippen molar-refractivity contribution in [1.29, 1.82) is 0 Å². The molecule has 0 radical (unpaired) electrons.